The lowest BCUT2D eigenvalue weighted by molar-refractivity contribution is 0.0349. The molecule has 0 heterocycles. The average molecular weight is 344 g/mol. The Labute approximate surface area is 131 Å². The molecule has 20 heavy (non-hydrogen) atoms. The third-order valence-electron chi connectivity index (χ3n) is 2.88. The van der Waals surface area contributed by atoms with Crippen molar-refractivity contribution in [1.29, 1.82) is 0 Å². The summed E-state index contributed by atoms with van der Waals surface area (Å²) in [6.45, 7) is 8.71. The number of methoxy groups -OCH3 is 1. The number of halogens is 1. The summed E-state index contributed by atoms with van der Waals surface area (Å²) < 4.78 is 12.2. The van der Waals surface area contributed by atoms with E-state index in [2.05, 4.69) is 54.2 Å². The van der Waals surface area contributed by atoms with Gasteiger partial charge >= 0.3 is 0 Å². The van der Waals surface area contributed by atoms with Crippen LogP contribution in [0.2, 0.25) is 0 Å². The van der Waals surface area contributed by atoms with Gasteiger partial charge in [0.25, 0.3) is 0 Å². The minimum atomic E-state index is 0.0432. The molecule has 0 saturated heterocycles. The van der Waals surface area contributed by atoms with Crippen LogP contribution in [-0.2, 0) is 9.47 Å². The molecule has 0 saturated carbocycles. The Balaban J connectivity index is 2.66. The van der Waals surface area contributed by atoms with E-state index in [1.165, 1.54) is 5.56 Å². The van der Waals surface area contributed by atoms with Gasteiger partial charge in [-0.3, -0.25) is 0 Å². The largest absolute Gasteiger partial charge is 0.385 e. The summed E-state index contributed by atoms with van der Waals surface area (Å²) >= 11 is 3.61. The number of hydrogen-bond donors (Lipinski definition) is 1. The molecule has 0 radical (unpaired) electrons. The van der Waals surface area contributed by atoms with Gasteiger partial charge in [-0.05, 0) is 38.8 Å². The van der Waals surface area contributed by atoms with E-state index in [0.29, 0.717) is 6.61 Å². The molecular weight excluding hydrogens is 318 g/mol. The van der Waals surface area contributed by atoms with Crippen LogP contribution in [0, 0.1) is 0 Å². The number of rotatable bonds is 8. The molecule has 1 aromatic rings. The highest BCUT2D eigenvalue weighted by molar-refractivity contribution is 9.10. The Kier molecular flexibility index (Phi) is 7.74. The van der Waals surface area contributed by atoms with Crippen molar-refractivity contribution < 1.29 is 9.47 Å². The first-order valence-electron chi connectivity index (χ1n) is 7.04. The lowest BCUT2D eigenvalue weighted by Crippen LogP contribution is -2.39. The highest BCUT2D eigenvalue weighted by atomic mass is 79.9. The topological polar surface area (TPSA) is 30.5 Å². The van der Waals surface area contributed by atoms with Crippen LogP contribution in [0.15, 0.2) is 28.7 Å². The number of ether oxygens (including phenoxy) is 2. The maximum atomic E-state index is 6.03. The second-order valence-electron chi connectivity index (χ2n) is 5.86. The van der Waals surface area contributed by atoms with E-state index in [1.54, 1.807) is 7.11 Å². The standard InChI is InChI=1S/C16H26BrNO2/c1-16(2,3)18-12-15(20-11-7-10-19-4)13-8-5-6-9-14(13)17/h5-6,8-9,15,18H,7,10-12H2,1-4H3. The van der Waals surface area contributed by atoms with E-state index in [4.69, 9.17) is 9.47 Å². The van der Waals surface area contributed by atoms with Gasteiger partial charge in [0.1, 0.15) is 0 Å². The number of benzene rings is 1. The Morgan fingerprint density at radius 1 is 1.20 bits per heavy atom. The van der Waals surface area contributed by atoms with E-state index in [-0.39, 0.29) is 11.6 Å². The molecule has 0 aliphatic heterocycles. The molecule has 3 nitrogen and oxygen atoms in total. The van der Waals surface area contributed by atoms with Crippen molar-refractivity contribution >= 4 is 15.9 Å². The van der Waals surface area contributed by atoms with Crippen LogP contribution in [0.25, 0.3) is 0 Å². The minimum absolute atomic E-state index is 0.0432. The van der Waals surface area contributed by atoms with Crippen molar-refractivity contribution in [2.75, 3.05) is 26.9 Å². The summed E-state index contributed by atoms with van der Waals surface area (Å²) in [5.41, 5.74) is 1.26. The Bertz CT molecular complexity index is 390. The van der Waals surface area contributed by atoms with Crippen LogP contribution in [0.4, 0.5) is 0 Å². The van der Waals surface area contributed by atoms with E-state index in [9.17, 15) is 0 Å². The van der Waals surface area contributed by atoms with Crippen molar-refractivity contribution in [1.82, 2.24) is 5.32 Å². The van der Waals surface area contributed by atoms with Crippen LogP contribution >= 0.6 is 15.9 Å². The van der Waals surface area contributed by atoms with Crippen LogP contribution < -0.4 is 5.32 Å². The monoisotopic (exact) mass is 343 g/mol. The zero-order chi connectivity index (χ0) is 15.0. The highest BCUT2D eigenvalue weighted by Gasteiger charge is 2.18. The molecule has 1 unspecified atom stereocenters. The van der Waals surface area contributed by atoms with E-state index < -0.39 is 0 Å². The van der Waals surface area contributed by atoms with E-state index in [0.717, 1.165) is 24.0 Å². The second-order valence-corrected chi connectivity index (χ2v) is 6.71. The first-order chi connectivity index (χ1) is 9.44. The van der Waals surface area contributed by atoms with Crippen LogP contribution in [0.3, 0.4) is 0 Å². The van der Waals surface area contributed by atoms with Gasteiger partial charge in [0.05, 0.1) is 6.10 Å². The summed E-state index contributed by atoms with van der Waals surface area (Å²) in [4.78, 5) is 0. The maximum absolute atomic E-state index is 6.03. The van der Waals surface area contributed by atoms with Crippen molar-refractivity contribution in [2.45, 2.75) is 38.8 Å². The van der Waals surface area contributed by atoms with Gasteiger partial charge in [0, 0.05) is 36.9 Å². The molecule has 1 N–H and O–H groups in total. The van der Waals surface area contributed by atoms with Crippen molar-refractivity contribution in [2.24, 2.45) is 0 Å². The van der Waals surface area contributed by atoms with Gasteiger partial charge in [-0.2, -0.15) is 0 Å². The minimum Gasteiger partial charge on any atom is -0.385 e. The van der Waals surface area contributed by atoms with Gasteiger partial charge in [-0.15, -0.1) is 0 Å². The fourth-order valence-electron chi connectivity index (χ4n) is 1.82. The molecule has 0 fully saturated rings. The lowest BCUT2D eigenvalue weighted by Gasteiger charge is -2.26. The van der Waals surface area contributed by atoms with E-state index >= 15 is 0 Å². The molecule has 1 aromatic carbocycles. The predicted molar refractivity (Wildman–Crippen MR) is 87.1 cm³/mol. The molecule has 4 heteroatoms. The molecule has 0 amide bonds. The smallest absolute Gasteiger partial charge is 0.0960 e. The average Bonchev–Trinajstić information content (AvgIpc) is 2.38. The fourth-order valence-corrected chi connectivity index (χ4v) is 2.36. The van der Waals surface area contributed by atoms with Gasteiger partial charge < -0.3 is 14.8 Å². The van der Waals surface area contributed by atoms with Crippen LogP contribution in [0.1, 0.15) is 38.9 Å². The third kappa shape index (κ3) is 6.84. The van der Waals surface area contributed by atoms with Gasteiger partial charge in [0.15, 0.2) is 0 Å². The normalized spacial score (nSPS) is 13.4. The van der Waals surface area contributed by atoms with E-state index in [1.807, 2.05) is 12.1 Å². The zero-order valence-corrected chi connectivity index (χ0v) is 14.5. The molecule has 114 valence electrons. The van der Waals surface area contributed by atoms with Gasteiger partial charge in [-0.25, -0.2) is 0 Å². The second kappa shape index (κ2) is 8.78. The Morgan fingerprint density at radius 3 is 2.50 bits per heavy atom. The molecule has 1 rings (SSSR count). The summed E-state index contributed by atoms with van der Waals surface area (Å²) in [5, 5.41) is 3.51. The summed E-state index contributed by atoms with van der Waals surface area (Å²) in [7, 11) is 1.71. The molecule has 0 aliphatic carbocycles. The molecule has 1 atom stereocenters. The predicted octanol–water partition coefficient (Wildman–Crippen LogP) is 3.93. The van der Waals surface area contributed by atoms with Crippen molar-refractivity contribution in [3.8, 4) is 0 Å². The molecular formula is C16H26BrNO2. The lowest BCUT2D eigenvalue weighted by atomic mass is 10.1. The quantitative estimate of drug-likeness (QED) is 0.725. The Morgan fingerprint density at radius 2 is 1.90 bits per heavy atom. The van der Waals surface area contributed by atoms with Gasteiger partial charge in [-0.1, -0.05) is 34.1 Å². The zero-order valence-electron chi connectivity index (χ0n) is 12.9. The molecule has 0 bridgehead atoms. The first-order valence-corrected chi connectivity index (χ1v) is 7.83. The van der Waals surface area contributed by atoms with Crippen LogP contribution in [0.5, 0.6) is 0 Å². The third-order valence-corrected chi connectivity index (χ3v) is 3.60. The fraction of sp³-hybridized carbons (Fsp3) is 0.625. The Hall–Kier alpha value is -0.420. The number of hydrogen-bond acceptors (Lipinski definition) is 3. The molecule has 0 aromatic heterocycles. The summed E-state index contributed by atoms with van der Waals surface area (Å²) in [5.74, 6) is 0. The summed E-state index contributed by atoms with van der Waals surface area (Å²) in [6, 6.07) is 8.22. The van der Waals surface area contributed by atoms with Crippen molar-refractivity contribution in [3.63, 3.8) is 0 Å². The number of nitrogens with one attached hydrogen (secondary N) is 1. The first kappa shape index (κ1) is 17.6. The van der Waals surface area contributed by atoms with Crippen molar-refractivity contribution in [3.05, 3.63) is 34.3 Å². The summed E-state index contributed by atoms with van der Waals surface area (Å²) in [6.07, 6.45) is 0.953. The maximum Gasteiger partial charge on any atom is 0.0960 e. The molecule has 0 aliphatic rings. The van der Waals surface area contributed by atoms with Gasteiger partial charge in [0.2, 0.25) is 0 Å². The van der Waals surface area contributed by atoms with Crippen LogP contribution in [-0.4, -0.2) is 32.4 Å². The SMILES string of the molecule is COCCCOC(CNC(C)(C)C)c1ccccc1Br. The molecule has 0 spiro atoms. The highest BCUT2D eigenvalue weighted by Crippen LogP contribution is 2.26.